The molecule has 1 fully saturated rings. The molecule has 0 aliphatic carbocycles. The molecular formula is C21H20BrNO3S. The molecule has 0 spiro atoms. The first-order valence-corrected chi connectivity index (χ1v) is 10.3. The number of nitrogens with zero attached hydrogens (tertiary/aromatic N) is 1. The van der Waals surface area contributed by atoms with Gasteiger partial charge in [-0.05, 0) is 66.6 Å². The van der Waals surface area contributed by atoms with Crippen LogP contribution in [0.4, 0.5) is 4.79 Å². The molecule has 0 N–H and O–H groups in total. The predicted molar refractivity (Wildman–Crippen MR) is 112 cm³/mol. The Labute approximate surface area is 171 Å². The van der Waals surface area contributed by atoms with E-state index < -0.39 is 0 Å². The first kappa shape index (κ1) is 19.7. The fourth-order valence-corrected chi connectivity index (χ4v) is 3.80. The zero-order valence-electron chi connectivity index (χ0n) is 15.1. The van der Waals surface area contributed by atoms with Crippen LogP contribution in [0.15, 0.2) is 57.9 Å². The Balaban J connectivity index is 1.65. The van der Waals surface area contributed by atoms with Gasteiger partial charge in [0.2, 0.25) is 0 Å². The molecule has 2 aromatic carbocycles. The van der Waals surface area contributed by atoms with E-state index in [9.17, 15) is 9.59 Å². The van der Waals surface area contributed by atoms with Gasteiger partial charge in [0.15, 0.2) is 0 Å². The van der Waals surface area contributed by atoms with Crippen molar-refractivity contribution in [3.8, 4) is 5.75 Å². The molecule has 2 amide bonds. The summed E-state index contributed by atoms with van der Waals surface area (Å²) in [6, 6.07) is 15.4. The minimum Gasteiger partial charge on any atom is -0.489 e. The molecule has 6 heteroatoms. The Morgan fingerprint density at radius 2 is 1.78 bits per heavy atom. The maximum Gasteiger partial charge on any atom is 0.293 e. The average molecular weight is 446 g/mol. The first-order valence-electron chi connectivity index (χ1n) is 8.72. The molecule has 0 bridgehead atoms. The van der Waals surface area contributed by atoms with Gasteiger partial charge in [-0.3, -0.25) is 14.5 Å². The maximum atomic E-state index is 12.5. The van der Waals surface area contributed by atoms with Crippen LogP contribution in [0.3, 0.4) is 0 Å². The molecule has 4 nitrogen and oxygen atoms in total. The number of halogens is 1. The molecule has 0 saturated carbocycles. The van der Waals surface area contributed by atoms with Crippen LogP contribution in [0.5, 0.6) is 5.75 Å². The van der Waals surface area contributed by atoms with E-state index in [1.807, 2.05) is 62.4 Å². The summed E-state index contributed by atoms with van der Waals surface area (Å²) in [5, 5.41) is -0.199. The molecule has 0 radical (unpaired) electrons. The summed E-state index contributed by atoms with van der Waals surface area (Å²) in [5.74, 6) is 0.540. The lowest BCUT2D eigenvalue weighted by atomic mass is 10.2. The summed E-state index contributed by atoms with van der Waals surface area (Å²) in [6.45, 7) is 4.34. The smallest absolute Gasteiger partial charge is 0.293 e. The number of thioether (sulfide) groups is 1. The molecule has 0 unspecified atom stereocenters. The quantitative estimate of drug-likeness (QED) is 0.522. The van der Waals surface area contributed by atoms with E-state index in [4.69, 9.17) is 4.74 Å². The third kappa shape index (κ3) is 4.82. The highest BCUT2D eigenvalue weighted by molar-refractivity contribution is 9.10. The zero-order chi connectivity index (χ0) is 19.4. The molecule has 3 rings (SSSR count). The van der Waals surface area contributed by atoms with Gasteiger partial charge in [0, 0.05) is 10.5 Å². The van der Waals surface area contributed by atoms with Crippen LogP contribution < -0.4 is 4.74 Å². The largest absolute Gasteiger partial charge is 0.489 e. The standard InChI is InChI=1S/C21H20BrNO3S/c1-3-14(2)23-20(24)19(27-21(23)25)12-15-6-10-18(11-7-15)26-13-16-4-8-17(22)9-5-16/h4-12,14H,3,13H2,1-2H3/b19-12+/t14-/m1/s1. The zero-order valence-corrected chi connectivity index (χ0v) is 17.5. The molecule has 1 heterocycles. The molecule has 2 aromatic rings. The van der Waals surface area contributed by atoms with Crippen LogP contribution in [0.2, 0.25) is 0 Å². The van der Waals surface area contributed by atoms with Crippen molar-refractivity contribution in [2.24, 2.45) is 0 Å². The summed E-state index contributed by atoms with van der Waals surface area (Å²) < 4.78 is 6.82. The molecule has 27 heavy (non-hydrogen) atoms. The number of benzene rings is 2. The number of ether oxygens (including phenoxy) is 1. The molecule has 1 aliphatic rings. The van der Waals surface area contributed by atoms with Gasteiger partial charge in [-0.2, -0.15) is 0 Å². The van der Waals surface area contributed by atoms with E-state index in [2.05, 4.69) is 15.9 Å². The number of hydrogen-bond acceptors (Lipinski definition) is 4. The van der Waals surface area contributed by atoms with Crippen molar-refractivity contribution in [1.29, 1.82) is 0 Å². The van der Waals surface area contributed by atoms with Crippen LogP contribution >= 0.6 is 27.7 Å². The van der Waals surface area contributed by atoms with E-state index in [1.165, 1.54) is 4.90 Å². The lowest BCUT2D eigenvalue weighted by molar-refractivity contribution is -0.124. The molecule has 1 saturated heterocycles. The lowest BCUT2D eigenvalue weighted by Gasteiger charge is -2.19. The van der Waals surface area contributed by atoms with Crippen LogP contribution in [-0.2, 0) is 11.4 Å². The van der Waals surface area contributed by atoms with Gasteiger partial charge < -0.3 is 4.74 Å². The predicted octanol–water partition coefficient (Wildman–Crippen LogP) is 5.86. The molecular weight excluding hydrogens is 426 g/mol. The Kier molecular flexibility index (Phi) is 6.39. The van der Waals surface area contributed by atoms with Gasteiger partial charge >= 0.3 is 0 Å². The second kappa shape index (κ2) is 8.76. The molecule has 1 aliphatic heterocycles. The Bertz CT molecular complexity index is 862. The van der Waals surface area contributed by atoms with Crippen molar-refractivity contribution < 1.29 is 14.3 Å². The minimum absolute atomic E-state index is 0.0854. The Morgan fingerprint density at radius 1 is 1.11 bits per heavy atom. The Hall–Kier alpha value is -2.05. The normalized spacial score (nSPS) is 16.9. The van der Waals surface area contributed by atoms with Gasteiger partial charge in [-0.25, -0.2) is 0 Å². The van der Waals surface area contributed by atoms with Gasteiger partial charge in [0.1, 0.15) is 12.4 Å². The second-order valence-corrected chi connectivity index (χ2v) is 8.20. The van der Waals surface area contributed by atoms with Crippen molar-refractivity contribution in [2.75, 3.05) is 0 Å². The number of amides is 2. The molecule has 140 valence electrons. The number of rotatable bonds is 6. The van der Waals surface area contributed by atoms with Crippen molar-refractivity contribution in [3.63, 3.8) is 0 Å². The third-order valence-corrected chi connectivity index (χ3v) is 5.76. The highest BCUT2D eigenvalue weighted by atomic mass is 79.9. The topological polar surface area (TPSA) is 46.6 Å². The number of hydrogen-bond donors (Lipinski definition) is 0. The minimum atomic E-state index is -0.213. The van der Waals surface area contributed by atoms with Gasteiger partial charge in [-0.1, -0.05) is 47.1 Å². The highest BCUT2D eigenvalue weighted by Crippen LogP contribution is 2.34. The maximum absolute atomic E-state index is 12.5. The first-order chi connectivity index (χ1) is 13.0. The Morgan fingerprint density at radius 3 is 2.41 bits per heavy atom. The summed E-state index contributed by atoms with van der Waals surface area (Å²) in [7, 11) is 0. The van der Waals surface area contributed by atoms with E-state index >= 15 is 0 Å². The second-order valence-electron chi connectivity index (χ2n) is 6.29. The summed E-state index contributed by atoms with van der Waals surface area (Å²) in [6.07, 6.45) is 2.50. The van der Waals surface area contributed by atoms with E-state index in [1.54, 1.807) is 6.08 Å². The van der Waals surface area contributed by atoms with Crippen LogP contribution in [0, 0.1) is 0 Å². The number of carbonyl (C=O) groups is 2. The fourth-order valence-electron chi connectivity index (χ4n) is 2.60. The average Bonchev–Trinajstić information content (AvgIpc) is 2.95. The summed E-state index contributed by atoms with van der Waals surface area (Å²) >= 11 is 4.41. The monoisotopic (exact) mass is 445 g/mol. The van der Waals surface area contributed by atoms with Gasteiger partial charge in [-0.15, -0.1) is 0 Å². The van der Waals surface area contributed by atoms with Gasteiger partial charge in [0.05, 0.1) is 4.91 Å². The molecule has 1 atom stereocenters. The van der Waals surface area contributed by atoms with Crippen molar-refractivity contribution in [3.05, 3.63) is 69.0 Å². The lowest BCUT2D eigenvalue weighted by Crippen LogP contribution is -2.36. The number of carbonyl (C=O) groups excluding carboxylic acids is 2. The van der Waals surface area contributed by atoms with Crippen LogP contribution in [-0.4, -0.2) is 22.1 Å². The summed E-state index contributed by atoms with van der Waals surface area (Å²) in [4.78, 5) is 26.3. The third-order valence-electron chi connectivity index (χ3n) is 4.35. The van der Waals surface area contributed by atoms with Crippen LogP contribution in [0.1, 0.15) is 31.4 Å². The van der Waals surface area contributed by atoms with Crippen LogP contribution in [0.25, 0.3) is 6.08 Å². The van der Waals surface area contributed by atoms with Crippen molar-refractivity contribution in [1.82, 2.24) is 4.90 Å². The fraction of sp³-hybridized carbons (Fsp3) is 0.238. The summed E-state index contributed by atoms with van der Waals surface area (Å²) in [5.41, 5.74) is 1.95. The number of imide groups is 1. The van der Waals surface area contributed by atoms with E-state index in [0.29, 0.717) is 11.5 Å². The van der Waals surface area contributed by atoms with Crippen molar-refractivity contribution in [2.45, 2.75) is 32.9 Å². The van der Waals surface area contributed by atoms with Gasteiger partial charge in [0.25, 0.3) is 11.1 Å². The molecule has 0 aromatic heterocycles. The van der Waals surface area contributed by atoms with Crippen molar-refractivity contribution >= 4 is 44.9 Å². The van der Waals surface area contributed by atoms with E-state index in [0.717, 1.165) is 39.5 Å². The highest BCUT2D eigenvalue weighted by Gasteiger charge is 2.37. The SMILES string of the molecule is CC[C@@H](C)N1C(=O)S/C(=C/c2ccc(OCc3ccc(Br)cc3)cc2)C1=O. The van der Waals surface area contributed by atoms with E-state index in [-0.39, 0.29) is 17.2 Å².